The van der Waals surface area contributed by atoms with Crippen molar-refractivity contribution in [1.29, 1.82) is 0 Å². The lowest BCUT2D eigenvalue weighted by molar-refractivity contribution is -0.138. The van der Waals surface area contributed by atoms with E-state index in [1.807, 2.05) is 0 Å². The Hall–Kier alpha value is -3.45. The van der Waals surface area contributed by atoms with Crippen LogP contribution in [0.15, 0.2) is 24.3 Å². The molecule has 2 atom stereocenters. The van der Waals surface area contributed by atoms with E-state index in [1.165, 1.54) is 6.92 Å². The Labute approximate surface area is 178 Å². The van der Waals surface area contributed by atoms with Crippen molar-refractivity contribution in [2.75, 3.05) is 0 Å². The number of carbonyl (C=O) groups excluding carboxylic acids is 3. The minimum absolute atomic E-state index is 0.190. The zero-order chi connectivity index (χ0) is 23.1. The van der Waals surface area contributed by atoms with Crippen molar-refractivity contribution >= 4 is 17.9 Å². The molecule has 1 aromatic rings. The van der Waals surface area contributed by atoms with Crippen molar-refractivity contribution in [3.63, 3.8) is 0 Å². The fourth-order valence-electron chi connectivity index (χ4n) is 2.65. The normalized spacial score (nSPS) is 12.7. The molecule has 0 saturated heterocycles. The van der Waals surface area contributed by atoms with Gasteiger partial charge in [0.25, 0.3) is 5.91 Å². The number of benzene rings is 1. The number of amides is 3. The van der Waals surface area contributed by atoms with Gasteiger partial charge in [0, 0.05) is 23.2 Å². The van der Waals surface area contributed by atoms with Gasteiger partial charge >= 0.3 is 6.09 Å². The van der Waals surface area contributed by atoms with Crippen LogP contribution in [0.1, 0.15) is 58.7 Å². The van der Waals surface area contributed by atoms with Crippen LogP contribution in [0.5, 0.6) is 0 Å². The van der Waals surface area contributed by atoms with E-state index in [1.54, 1.807) is 58.9 Å². The summed E-state index contributed by atoms with van der Waals surface area (Å²) in [6.45, 7) is 10.1. The summed E-state index contributed by atoms with van der Waals surface area (Å²) in [5.74, 6) is 1.38. The molecular formula is C23H29N3O4. The van der Waals surface area contributed by atoms with Crippen molar-refractivity contribution in [2.24, 2.45) is 0 Å². The number of terminal acetylenes is 2. The molecule has 0 heterocycles. The molecule has 0 aromatic heterocycles. The summed E-state index contributed by atoms with van der Waals surface area (Å²) >= 11 is 0. The molecule has 30 heavy (non-hydrogen) atoms. The zero-order valence-electron chi connectivity index (χ0n) is 18.3. The van der Waals surface area contributed by atoms with E-state index in [0.29, 0.717) is 11.1 Å². The quantitative estimate of drug-likeness (QED) is 0.556. The van der Waals surface area contributed by atoms with Crippen LogP contribution in [-0.4, -0.2) is 40.5 Å². The van der Waals surface area contributed by atoms with E-state index in [-0.39, 0.29) is 6.04 Å². The molecular weight excluding hydrogens is 382 g/mol. The average Bonchev–Trinajstić information content (AvgIpc) is 2.63. The van der Waals surface area contributed by atoms with Gasteiger partial charge in [-0.25, -0.2) is 4.79 Å². The van der Waals surface area contributed by atoms with Gasteiger partial charge < -0.3 is 15.4 Å². The van der Waals surface area contributed by atoms with Gasteiger partial charge in [0.05, 0.1) is 0 Å². The first-order valence-electron chi connectivity index (χ1n) is 9.56. The molecule has 7 nitrogen and oxygen atoms in total. The largest absolute Gasteiger partial charge is 0.444 e. The minimum atomic E-state index is -1.17. The molecule has 0 aliphatic carbocycles. The Morgan fingerprint density at radius 3 is 2.17 bits per heavy atom. The Balaban J connectivity index is 3.28. The van der Waals surface area contributed by atoms with Crippen molar-refractivity contribution in [3.05, 3.63) is 35.4 Å². The Bertz CT molecular complexity index is 872. The third-order valence-electron chi connectivity index (χ3n) is 3.83. The molecule has 0 aliphatic rings. The number of hydrogen-bond donors (Lipinski definition) is 2. The predicted octanol–water partition coefficient (Wildman–Crippen LogP) is 2.57. The molecule has 0 fully saturated rings. The predicted molar refractivity (Wildman–Crippen MR) is 115 cm³/mol. The van der Waals surface area contributed by atoms with Gasteiger partial charge in [-0.3, -0.25) is 14.5 Å². The molecule has 7 heteroatoms. The minimum Gasteiger partial charge on any atom is -0.444 e. The van der Waals surface area contributed by atoms with Crippen LogP contribution in [0.25, 0.3) is 0 Å². The lowest BCUT2D eigenvalue weighted by Gasteiger charge is -2.30. The fourth-order valence-corrected chi connectivity index (χ4v) is 2.65. The highest BCUT2D eigenvalue weighted by atomic mass is 16.6. The molecule has 0 bridgehead atoms. The van der Waals surface area contributed by atoms with Gasteiger partial charge in [0.2, 0.25) is 5.91 Å². The number of nitrogens with zero attached hydrogens (tertiary/aromatic N) is 1. The molecule has 2 N–H and O–H groups in total. The third kappa shape index (κ3) is 6.86. The molecule has 0 spiro atoms. The second-order valence-corrected chi connectivity index (χ2v) is 8.00. The van der Waals surface area contributed by atoms with E-state index >= 15 is 0 Å². The summed E-state index contributed by atoms with van der Waals surface area (Å²) in [6, 6.07) is 6.61. The lowest BCUT2D eigenvalue weighted by Crippen LogP contribution is -2.51. The van der Waals surface area contributed by atoms with Crippen molar-refractivity contribution in [3.8, 4) is 24.8 Å². The van der Waals surface area contributed by atoms with Crippen LogP contribution in [-0.2, 0) is 14.3 Å². The first-order chi connectivity index (χ1) is 13.9. The van der Waals surface area contributed by atoms with E-state index in [0.717, 1.165) is 4.90 Å². The van der Waals surface area contributed by atoms with E-state index in [4.69, 9.17) is 17.6 Å². The zero-order valence-corrected chi connectivity index (χ0v) is 18.3. The molecule has 0 saturated carbocycles. The van der Waals surface area contributed by atoms with Gasteiger partial charge in [-0.2, -0.15) is 0 Å². The lowest BCUT2D eigenvalue weighted by atomic mass is 9.98. The smallest absolute Gasteiger partial charge is 0.408 e. The standard InChI is InChI=1S/C23H29N3O4/c1-9-17-13-11-12-14-18(17)19(20(27)24-15(3)4)26(10-2)21(28)16(5)25-22(29)30-23(6,7)8/h1-2,11-16,19H,3-8H3,(H,24,27)(H,25,29). The topological polar surface area (TPSA) is 87.7 Å². The summed E-state index contributed by atoms with van der Waals surface area (Å²) in [6.07, 6.45) is 10.4. The van der Waals surface area contributed by atoms with Crippen LogP contribution < -0.4 is 10.6 Å². The second-order valence-electron chi connectivity index (χ2n) is 8.00. The van der Waals surface area contributed by atoms with Crippen LogP contribution in [0.2, 0.25) is 0 Å². The maximum atomic E-state index is 13.1. The van der Waals surface area contributed by atoms with E-state index in [2.05, 4.69) is 22.6 Å². The molecule has 0 radical (unpaired) electrons. The van der Waals surface area contributed by atoms with Crippen LogP contribution in [0.4, 0.5) is 4.79 Å². The summed E-state index contributed by atoms with van der Waals surface area (Å²) in [4.78, 5) is 39.0. The summed E-state index contributed by atoms with van der Waals surface area (Å²) < 4.78 is 5.18. The van der Waals surface area contributed by atoms with Gasteiger partial charge in [-0.05, 0) is 47.6 Å². The van der Waals surface area contributed by atoms with Crippen LogP contribution >= 0.6 is 0 Å². The summed E-state index contributed by atoms with van der Waals surface area (Å²) in [5.41, 5.74) is 0.112. The highest BCUT2D eigenvalue weighted by molar-refractivity contribution is 5.93. The third-order valence-corrected chi connectivity index (χ3v) is 3.83. The second kappa shape index (κ2) is 10.4. The number of ether oxygens (including phenoxy) is 1. The molecule has 1 rings (SSSR count). The Morgan fingerprint density at radius 1 is 1.07 bits per heavy atom. The van der Waals surface area contributed by atoms with Crippen molar-refractivity contribution in [2.45, 2.75) is 65.3 Å². The number of hydrogen-bond acceptors (Lipinski definition) is 4. The van der Waals surface area contributed by atoms with E-state index < -0.39 is 35.6 Å². The van der Waals surface area contributed by atoms with Gasteiger partial charge in [-0.15, -0.1) is 6.42 Å². The maximum absolute atomic E-state index is 13.1. The molecule has 160 valence electrons. The maximum Gasteiger partial charge on any atom is 0.408 e. The van der Waals surface area contributed by atoms with Crippen molar-refractivity contribution in [1.82, 2.24) is 15.5 Å². The van der Waals surface area contributed by atoms with Gasteiger partial charge in [0.15, 0.2) is 0 Å². The Kier molecular flexibility index (Phi) is 8.49. The number of rotatable bonds is 6. The van der Waals surface area contributed by atoms with E-state index in [9.17, 15) is 14.4 Å². The average molecular weight is 412 g/mol. The van der Waals surface area contributed by atoms with Crippen molar-refractivity contribution < 1.29 is 19.1 Å². The first-order valence-corrected chi connectivity index (χ1v) is 9.56. The fraction of sp³-hybridized carbons (Fsp3) is 0.435. The summed E-state index contributed by atoms with van der Waals surface area (Å²) in [7, 11) is 0. The highest BCUT2D eigenvalue weighted by Gasteiger charge is 2.35. The number of alkyl carbamates (subject to hydrolysis) is 1. The Morgan fingerprint density at radius 2 is 1.67 bits per heavy atom. The van der Waals surface area contributed by atoms with Crippen LogP contribution in [0.3, 0.4) is 0 Å². The molecule has 1 aromatic carbocycles. The monoisotopic (exact) mass is 411 g/mol. The highest BCUT2D eigenvalue weighted by Crippen LogP contribution is 2.25. The van der Waals surface area contributed by atoms with Gasteiger partial charge in [0.1, 0.15) is 17.7 Å². The SMILES string of the molecule is C#Cc1ccccc1C(C(=O)NC(C)C)N(C#C)C(=O)C(C)NC(=O)OC(C)(C)C. The van der Waals surface area contributed by atoms with Crippen LogP contribution in [0, 0.1) is 24.8 Å². The molecule has 3 amide bonds. The number of nitrogens with one attached hydrogen (secondary N) is 2. The molecule has 2 unspecified atom stereocenters. The summed E-state index contributed by atoms with van der Waals surface area (Å²) in [5, 5.41) is 5.21. The molecule has 0 aliphatic heterocycles. The first kappa shape index (κ1) is 24.6. The number of carbonyl (C=O) groups is 3. The van der Waals surface area contributed by atoms with Gasteiger partial charge in [-0.1, -0.05) is 30.5 Å².